The van der Waals surface area contributed by atoms with Gasteiger partial charge in [0.05, 0.1) is 29.1 Å². The fourth-order valence-corrected chi connectivity index (χ4v) is 4.59. The second-order valence-electron chi connectivity index (χ2n) is 8.06. The maximum absolute atomic E-state index is 10.7. The Kier molecular flexibility index (Phi) is 8.03. The molecule has 0 bridgehead atoms. The van der Waals surface area contributed by atoms with Gasteiger partial charge < -0.3 is 59.7 Å². The molecule has 10 atom stereocenters. The first-order valence-electron chi connectivity index (χ1n) is 10.4. The number of fused-ring (bicyclic) bond motifs is 1. The second-order valence-corrected chi connectivity index (χ2v) is 9.29. The van der Waals surface area contributed by atoms with Crippen LogP contribution in [0.25, 0.3) is 10.9 Å². The minimum atomic E-state index is -1.75. The number of ether oxygens (including phenoxy) is 4. The van der Waals surface area contributed by atoms with Crippen molar-refractivity contribution < 1.29 is 54.7 Å². The molecule has 2 aromatic rings. The highest BCUT2D eigenvalue weighted by Crippen LogP contribution is 2.38. The Balaban J connectivity index is 1.52. The standard InChI is InChI=1S/C20H25BrClNO11/c21-6-1-2-7-11(12(6)22)8(3-23-7)31-19-17(30)15(28)18(10(5-25)33-19)34-20-16(29)14(27)13(26)9(4-24)32-20/h1-3,9-10,13-20,23-30H,4-5H2/t9-,10-,13-,14-,15+,16-,17-,18-,19-,20+/m1/s1. The molecule has 8 N–H and O–H groups in total. The molecule has 14 heteroatoms. The minimum Gasteiger partial charge on any atom is -0.460 e. The largest absolute Gasteiger partial charge is 0.460 e. The van der Waals surface area contributed by atoms with E-state index in [1.807, 2.05) is 0 Å². The molecule has 0 saturated carbocycles. The van der Waals surface area contributed by atoms with Crippen LogP contribution in [-0.4, -0.2) is 115 Å². The van der Waals surface area contributed by atoms with Gasteiger partial charge in [0.2, 0.25) is 6.29 Å². The van der Waals surface area contributed by atoms with E-state index >= 15 is 0 Å². The lowest BCUT2D eigenvalue weighted by molar-refractivity contribution is -0.352. The first kappa shape index (κ1) is 26.0. The second kappa shape index (κ2) is 10.5. The average Bonchev–Trinajstić information content (AvgIpc) is 3.24. The summed E-state index contributed by atoms with van der Waals surface area (Å²) < 4.78 is 22.8. The van der Waals surface area contributed by atoms with Crippen LogP contribution in [0.15, 0.2) is 22.8 Å². The van der Waals surface area contributed by atoms with E-state index < -0.39 is 74.6 Å². The predicted octanol–water partition coefficient (Wildman–Crippen LogP) is -1.41. The van der Waals surface area contributed by atoms with Crippen LogP contribution in [0.4, 0.5) is 0 Å². The smallest absolute Gasteiger partial charge is 0.229 e. The first-order chi connectivity index (χ1) is 16.2. The van der Waals surface area contributed by atoms with Crippen molar-refractivity contribution in [2.75, 3.05) is 13.2 Å². The zero-order valence-electron chi connectivity index (χ0n) is 17.4. The third-order valence-electron chi connectivity index (χ3n) is 5.90. The van der Waals surface area contributed by atoms with Gasteiger partial charge in [-0.3, -0.25) is 0 Å². The summed E-state index contributed by atoms with van der Waals surface area (Å²) >= 11 is 9.68. The van der Waals surface area contributed by atoms with Gasteiger partial charge >= 0.3 is 0 Å². The summed E-state index contributed by atoms with van der Waals surface area (Å²) in [5.41, 5.74) is 0.650. The minimum absolute atomic E-state index is 0.225. The topological polar surface area (TPSA) is 194 Å². The number of benzene rings is 1. The maximum atomic E-state index is 10.7. The number of aromatic nitrogens is 1. The van der Waals surface area contributed by atoms with Crippen LogP contribution < -0.4 is 4.74 Å². The number of hydrogen-bond acceptors (Lipinski definition) is 11. The zero-order chi connectivity index (χ0) is 24.7. The Morgan fingerprint density at radius 1 is 0.882 bits per heavy atom. The Hall–Kier alpha value is -1.07. The number of aliphatic hydroxyl groups is 7. The quantitative estimate of drug-likeness (QED) is 0.203. The van der Waals surface area contributed by atoms with Crippen molar-refractivity contribution in [1.29, 1.82) is 0 Å². The number of aromatic amines is 1. The van der Waals surface area contributed by atoms with Gasteiger partial charge in [0, 0.05) is 10.7 Å². The van der Waals surface area contributed by atoms with Crippen molar-refractivity contribution in [3.8, 4) is 5.75 Å². The summed E-state index contributed by atoms with van der Waals surface area (Å²) in [5, 5.41) is 71.5. The van der Waals surface area contributed by atoms with Crippen molar-refractivity contribution in [2.24, 2.45) is 0 Å². The first-order valence-corrected chi connectivity index (χ1v) is 11.5. The molecule has 2 aliphatic rings. The molecule has 2 aliphatic heterocycles. The highest BCUT2D eigenvalue weighted by atomic mass is 79.9. The molecule has 0 aliphatic carbocycles. The summed E-state index contributed by atoms with van der Waals surface area (Å²) in [5.74, 6) is 0.225. The van der Waals surface area contributed by atoms with E-state index in [0.717, 1.165) is 0 Å². The summed E-state index contributed by atoms with van der Waals surface area (Å²) in [7, 11) is 0. The Morgan fingerprint density at radius 3 is 2.21 bits per heavy atom. The monoisotopic (exact) mass is 569 g/mol. The molecule has 3 heterocycles. The van der Waals surface area contributed by atoms with E-state index in [-0.39, 0.29) is 5.75 Å². The van der Waals surface area contributed by atoms with E-state index in [4.69, 9.17) is 30.5 Å². The van der Waals surface area contributed by atoms with Crippen molar-refractivity contribution >= 4 is 38.4 Å². The molecule has 0 amide bonds. The molecule has 190 valence electrons. The highest BCUT2D eigenvalue weighted by Gasteiger charge is 2.51. The Labute approximate surface area is 206 Å². The number of aliphatic hydroxyl groups excluding tert-OH is 7. The molecule has 2 fully saturated rings. The fourth-order valence-electron chi connectivity index (χ4n) is 4.00. The van der Waals surface area contributed by atoms with Gasteiger partial charge in [-0.15, -0.1) is 0 Å². The van der Waals surface area contributed by atoms with Crippen LogP contribution in [0, 0.1) is 0 Å². The van der Waals surface area contributed by atoms with Crippen molar-refractivity contribution in [1.82, 2.24) is 4.98 Å². The lowest BCUT2D eigenvalue weighted by atomic mass is 9.97. The van der Waals surface area contributed by atoms with Gasteiger partial charge in [-0.2, -0.15) is 0 Å². The summed E-state index contributed by atoms with van der Waals surface area (Å²) in [4.78, 5) is 2.97. The van der Waals surface area contributed by atoms with Gasteiger partial charge in [-0.1, -0.05) is 11.6 Å². The molecule has 4 rings (SSSR count). The molecule has 2 saturated heterocycles. The third-order valence-corrected chi connectivity index (χ3v) is 7.19. The number of H-pyrrole nitrogens is 1. The number of nitrogens with one attached hydrogen (secondary N) is 1. The van der Waals surface area contributed by atoms with Crippen LogP contribution in [0.3, 0.4) is 0 Å². The number of halogens is 2. The molecule has 1 aromatic carbocycles. The normalized spacial score (nSPS) is 38.9. The molecule has 34 heavy (non-hydrogen) atoms. The van der Waals surface area contributed by atoms with Gasteiger partial charge in [0.25, 0.3) is 0 Å². The molecule has 1 aromatic heterocycles. The Bertz CT molecular complexity index is 991. The zero-order valence-corrected chi connectivity index (χ0v) is 19.8. The summed E-state index contributed by atoms with van der Waals surface area (Å²) in [6.07, 6.45) is -13.9. The average molecular weight is 571 g/mol. The lowest BCUT2D eigenvalue weighted by Crippen LogP contribution is -2.65. The van der Waals surface area contributed by atoms with Crippen molar-refractivity contribution in [3.63, 3.8) is 0 Å². The Morgan fingerprint density at radius 2 is 1.53 bits per heavy atom. The van der Waals surface area contributed by atoms with Crippen LogP contribution in [0.2, 0.25) is 5.02 Å². The van der Waals surface area contributed by atoms with E-state index in [1.165, 1.54) is 6.20 Å². The number of hydrogen-bond donors (Lipinski definition) is 8. The van der Waals surface area contributed by atoms with E-state index in [9.17, 15) is 35.7 Å². The van der Waals surface area contributed by atoms with Crippen molar-refractivity contribution in [2.45, 2.75) is 61.4 Å². The third kappa shape index (κ3) is 4.68. The molecular formula is C20H25BrClNO11. The molecule has 12 nitrogen and oxygen atoms in total. The van der Waals surface area contributed by atoms with Crippen LogP contribution >= 0.6 is 27.5 Å². The maximum Gasteiger partial charge on any atom is 0.229 e. The van der Waals surface area contributed by atoms with Gasteiger partial charge in [-0.25, -0.2) is 0 Å². The number of rotatable bonds is 6. The van der Waals surface area contributed by atoms with E-state index in [0.29, 0.717) is 20.4 Å². The molecule has 0 spiro atoms. The van der Waals surface area contributed by atoms with Crippen LogP contribution in [0.5, 0.6) is 5.75 Å². The van der Waals surface area contributed by atoms with Crippen LogP contribution in [0.1, 0.15) is 0 Å². The summed E-state index contributed by atoms with van der Waals surface area (Å²) in [6, 6.07) is 3.50. The van der Waals surface area contributed by atoms with Gasteiger partial charge in [-0.05, 0) is 28.1 Å². The molecule has 0 unspecified atom stereocenters. The predicted molar refractivity (Wildman–Crippen MR) is 118 cm³/mol. The molecular weight excluding hydrogens is 546 g/mol. The lowest BCUT2D eigenvalue weighted by Gasteiger charge is -2.45. The fraction of sp³-hybridized carbons (Fsp3) is 0.600. The van der Waals surface area contributed by atoms with Gasteiger partial charge in [0.15, 0.2) is 6.29 Å². The van der Waals surface area contributed by atoms with Crippen molar-refractivity contribution in [3.05, 3.63) is 27.8 Å². The SMILES string of the molecule is OC[C@H]1O[C@@H](O[C@H]2[C@@H](O)[C@@H](O)[C@H](Oc3c[nH]c4ccc(Br)c(Cl)c34)O[C@@H]2CO)[C@H](O)[C@H](O)[C@@H]1O. The highest BCUT2D eigenvalue weighted by molar-refractivity contribution is 9.10. The van der Waals surface area contributed by atoms with E-state index in [1.54, 1.807) is 12.1 Å². The van der Waals surface area contributed by atoms with Gasteiger partial charge in [0.1, 0.15) is 54.6 Å². The summed E-state index contributed by atoms with van der Waals surface area (Å²) in [6.45, 7) is -1.36. The molecule has 0 radical (unpaired) electrons. The van der Waals surface area contributed by atoms with E-state index in [2.05, 4.69) is 20.9 Å². The van der Waals surface area contributed by atoms with Crippen LogP contribution in [-0.2, 0) is 14.2 Å².